The van der Waals surface area contributed by atoms with Gasteiger partial charge >= 0.3 is 0 Å². The van der Waals surface area contributed by atoms with E-state index in [9.17, 15) is 19.8 Å². The number of carbonyl (C=O) groups excluding carboxylic acids is 2. The summed E-state index contributed by atoms with van der Waals surface area (Å²) in [5, 5.41) is 21.0. The molecule has 0 aromatic rings. The van der Waals surface area contributed by atoms with Crippen LogP contribution in [0.15, 0.2) is 35.1 Å². The van der Waals surface area contributed by atoms with Crippen molar-refractivity contribution in [3.63, 3.8) is 0 Å². The van der Waals surface area contributed by atoms with E-state index in [0.29, 0.717) is 11.8 Å². The molecule has 0 unspecified atom stereocenters. The Bertz CT molecular complexity index is 765. The van der Waals surface area contributed by atoms with Crippen molar-refractivity contribution in [1.29, 1.82) is 0 Å². The van der Waals surface area contributed by atoms with Crippen LogP contribution in [-0.2, 0) is 9.59 Å². The molecule has 0 radical (unpaired) electrons. The van der Waals surface area contributed by atoms with Crippen molar-refractivity contribution >= 4 is 11.7 Å². The summed E-state index contributed by atoms with van der Waals surface area (Å²) < 4.78 is 0. The van der Waals surface area contributed by atoms with Crippen molar-refractivity contribution in [2.24, 2.45) is 29.1 Å². The lowest BCUT2D eigenvalue weighted by atomic mass is 9.52. The maximum Gasteiger partial charge on any atom is 0.261 e. The maximum atomic E-state index is 12.9. The molecule has 3 aliphatic rings. The Morgan fingerprint density at radius 2 is 2.04 bits per heavy atom. The summed E-state index contributed by atoms with van der Waals surface area (Å²) in [6, 6.07) is -0.907. The van der Waals surface area contributed by atoms with Gasteiger partial charge in [-0.25, -0.2) is 0 Å². The van der Waals surface area contributed by atoms with Crippen molar-refractivity contribution in [3.05, 3.63) is 35.1 Å². The van der Waals surface area contributed by atoms with E-state index in [-0.39, 0.29) is 23.2 Å². The molecule has 1 aliphatic heterocycles. The van der Waals surface area contributed by atoms with Crippen LogP contribution in [0.5, 0.6) is 0 Å². The average molecular weight is 388 g/mol. The number of nitrogens with zero attached hydrogens (tertiary/aromatic N) is 1. The molecule has 0 spiro atoms. The minimum Gasteiger partial charge on any atom is -0.511 e. The van der Waals surface area contributed by atoms with Crippen molar-refractivity contribution in [3.8, 4) is 0 Å². The second kappa shape index (κ2) is 7.51. The van der Waals surface area contributed by atoms with Gasteiger partial charge in [-0.2, -0.15) is 0 Å². The van der Waals surface area contributed by atoms with Crippen LogP contribution in [0.1, 0.15) is 47.0 Å². The smallest absolute Gasteiger partial charge is 0.261 e. The van der Waals surface area contributed by atoms with Crippen molar-refractivity contribution in [2.75, 3.05) is 13.7 Å². The second-order valence-electron chi connectivity index (χ2n) is 9.09. The SMILES string of the molecule is C/C=C/[C@H]1C(C)=C[C@H]2C[C@H](C)CC[C@@H]2[C@@]1(C)/C(O)=C1/C(=O)[C@H](CO)N(C)C1=O. The quantitative estimate of drug-likeness (QED) is 0.337. The highest BCUT2D eigenvalue weighted by atomic mass is 16.3. The molecular formula is C23H33NO4. The molecular weight excluding hydrogens is 354 g/mol. The molecule has 6 atom stereocenters. The molecule has 0 aromatic heterocycles. The van der Waals surface area contributed by atoms with Crippen LogP contribution < -0.4 is 0 Å². The van der Waals surface area contributed by atoms with E-state index in [0.717, 1.165) is 19.3 Å². The first-order valence-electron chi connectivity index (χ1n) is 10.3. The highest BCUT2D eigenvalue weighted by Crippen LogP contribution is 2.58. The normalized spacial score (nSPS) is 40.7. The number of hydrogen-bond donors (Lipinski definition) is 2. The number of fused-ring (bicyclic) bond motifs is 1. The van der Waals surface area contributed by atoms with Crippen LogP contribution in [0.2, 0.25) is 0 Å². The van der Waals surface area contributed by atoms with E-state index in [2.05, 4.69) is 26.0 Å². The highest BCUT2D eigenvalue weighted by molar-refractivity contribution is 6.26. The number of likely N-dealkylation sites (N-methyl/N-ethyl adjacent to an activating group) is 1. The zero-order valence-corrected chi connectivity index (χ0v) is 17.6. The van der Waals surface area contributed by atoms with Gasteiger partial charge < -0.3 is 15.1 Å². The lowest BCUT2D eigenvalue weighted by Gasteiger charge is -2.52. The Hall–Kier alpha value is -1.88. The number of allylic oxidation sites excluding steroid dienone is 5. The Morgan fingerprint density at radius 1 is 1.36 bits per heavy atom. The van der Waals surface area contributed by atoms with Gasteiger partial charge in [-0.15, -0.1) is 0 Å². The Balaban J connectivity index is 2.19. The number of hydrogen-bond acceptors (Lipinski definition) is 4. The number of amides is 1. The van der Waals surface area contributed by atoms with Crippen LogP contribution in [0, 0.1) is 29.1 Å². The minimum absolute atomic E-state index is 0.0706. The summed E-state index contributed by atoms with van der Waals surface area (Å²) in [6.45, 7) is 7.87. The number of aliphatic hydroxyl groups is 2. The van der Waals surface area contributed by atoms with Gasteiger partial charge in [0.15, 0.2) is 5.78 Å². The summed E-state index contributed by atoms with van der Waals surface area (Å²) >= 11 is 0. The van der Waals surface area contributed by atoms with Gasteiger partial charge in [0.05, 0.1) is 6.61 Å². The fourth-order valence-corrected chi connectivity index (χ4v) is 5.82. The zero-order chi connectivity index (χ0) is 20.8. The topological polar surface area (TPSA) is 77.8 Å². The van der Waals surface area contributed by atoms with Gasteiger partial charge in [-0.1, -0.05) is 44.1 Å². The van der Waals surface area contributed by atoms with Crippen molar-refractivity contribution in [1.82, 2.24) is 4.90 Å². The fourth-order valence-electron chi connectivity index (χ4n) is 5.82. The summed E-state index contributed by atoms with van der Waals surface area (Å²) in [4.78, 5) is 26.9. The molecule has 1 saturated carbocycles. The van der Waals surface area contributed by atoms with Gasteiger partial charge in [0, 0.05) is 18.4 Å². The van der Waals surface area contributed by atoms with Gasteiger partial charge in [0.1, 0.15) is 17.4 Å². The molecule has 154 valence electrons. The zero-order valence-electron chi connectivity index (χ0n) is 17.6. The standard InChI is InChI=1S/C23H33NO4/c1-6-7-16-14(3)11-15-10-13(2)8-9-17(15)23(16,4)21(27)19-20(26)18(12-25)24(5)22(19)28/h6-7,11,13,15-18,25,27H,8-10,12H2,1-5H3/b7-6+,21-19+/t13-,15-,16+,17+,18+,23+/m1/s1. The molecule has 3 rings (SSSR count). The number of carbonyl (C=O) groups is 2. The molecule has 2 N–H and O–H groups in total. The van der Waals surface area contributed by atoms with Crippen LogP contribution in [-0.4, -0.2) is 46.5 Å². The van der Waals surface area contributed by atoms with E-state index in [1.165, 1.54) is 17.5 Å². The van der Waals surface area contributed by atoms with Gasteiger partial charge in [0.2, 0.25) is 0 Å². The number of likely N-dealkylation sites (tertiary alicyclic amines) is 1. The van der Waals surface area contributed by atoms with Crippen LogP contribution in [0.4, 0.5) is 0 Å². The Kier molecular flexibility index (Phi) is 5.59. The largest absolute Gasteiger partial charge is 0.511 e. The van der Waals surface area contributed by atoms with E-state index in [4.69, 9.17) is 0 Å². The lowest BCUT2D eigenvalue weighted by molar-refractivity contribution is -0.126. The molecule has 2 fully saturated rings. The first kappa shape index (κ1) is 20.8. The number of rotatable bonds is 3. The first-order valence-corrected chi connectivity index (χ1v) is 10.3. The Morgan fingerprint density at radius 3 is 2.61 bits per heavy atom. The molecule has 0 bridgehead atoms. The maximum absolute atomic E-state index is 12.9. The van der Waals surface area contributed by atoms with Crippen molar-refractivity contribution < 1.29 is 19.8 Å². The molecule has 0 aromatic carbocycles. The van der Waals surface area contributed by atoms with Crippen LogP contribution >= 0.6 is 0 Å². The van der Waals surface area contributed by atoms with Crippen molar-refractivity contribution in [2.45, 2.75) is 53.0 Å². The first-order chi connectivity index (χ1) is 13.2. The summed E-state index contributed by atoms with van der Waals surface area (Å²) in [6.07, 6.45) is 9.49. The molecule has 2 aliphatic carbocycles. The predicted molar refractivity (Wildman–Crippen MR) is 108 cm³/mol. The van der Waals surface area contributed by atoms with E-state index in [1.54, 1.807) is 0 Å². The van der Waals surface area contributed by atoms with E-state index in [1.807, 2.05) is 19.9 Å². The van der Waals surface area contributed by atoms with Crippen LogP contribution in [0.25, 0.3) is 0 Å². The van der Waals surface area contributed by atoms with Crippen LogP contribution in [0.3, 0.4) is 0 Å². The van der Waals surface area contributed by atoms with Gasteiger partial charge in [-0.3, -0.25) is 9.59 Å². The summed E-state index contributed by atoms with van der Waals surface area (Å²) in [7, 11) is 1.50. The molecule has 1 heterocycles. The molecule has 28 heavy (non-hydrogen) atoms. The third-order valence-corrected chi connectivity index (χ3v) is 7.40. The third-order valence-electron chi connectivity index (χ3n) is 7.40. The minimum atomic E-state index is -0.907. The summed E-state index contributed by atoms with van der Waals surface area (Å²) in [5.41, 5.74) is 0.320. The predicted octanol–water partition coefficient (Wildman–Crippen LogP) is 3.41. The molecule has 5 nitrogen and oxygen atoms in total. The number of Topliss-reactive ketones (excluding diaryl/α,β-unsaturated/α-hetero) is 1. The molecule has 1 saturated heterocycles. The molecule has 1 amide bonds. The number of ketones is 1. The van der Waals surface area contributed by atoms with E-state index >= 15 is 0 Å². The van der Waals surface area contributed by atoms with Gasteiger partial charge in [0.25, 0.3) is 5.91 Å². The fraction of sp³-hybridized carbons (Fsp3) is 0.652. The number of aliphatic hydroxyl groups excluding tert-OH is 2. The lowest BCUT2D eigenvalue weighted by Crippen LogP contribution is -2.46. The monoisotopic (exact) mass is 387 g/mol. The summed E-state index contributed by atoms with van der Waals surface area (Å²) in [5.74, 6) is -0.00149. The third kappa shape index (κ3) is 2.95. The highest BCUT2D eigenvalue weighted by Gasteiger charge is 2.55. The van der Waals surface area contributed by atoms with Gasteiger partial charge in [-0.05, 0) is 44.4 Å². The average Bonchev–Trinajstić information content (AvgIpc) is 2.86. The van der Waals surface area contributed by atoms with E-state index < -0.39 is 29.8 Å². The second-order valence-corrected chi connectivity index (χ2v) is 9.09. The molecule has 5 heteroatoms. The Labute approximate surface area is 167 Å².